The molecule has 4 nitrogen and oxygen atoms in total. The Hall–Kier alpha value is -1.17. The van der Waals surface area contributed by atoms with Crippen LogP contribution >= 0.6 is 0 Å². The molecular weight excluding hydrogens is 393 g/mol. The third-order valence-corrected chi connectivity index (χ3v) is 5.78. The number of carbonyl (C=O) groups is 1. The quantitative estimate of drug-likeness (QED) is 0.454. The van der Waals surface area contributed by atoms with Crippen LogP contribution in [0.4, 0.5) is 13.2 Å². The smallest absolute Gasteiger partial charge is 0.430 e. The normalized spacial score (nSPS) is 17.7. The van der Waals surface area contributed by atoms with Crippen LogP contribution in [-0.2, 0) is 24.0 Å². The predicted octanol–water partition coefficient (Wildman–Crippen LogP) is 5.08. The van der Waals surface area contributed by atoms with Gasteiger partial charge in [-0.15, -0.1) is 0 Å². The molecule has 27 heavy (non-hydrogen) atoms. The zero-order chi connectivity index (χ0) is 21.3. The maximum atomic E-state index is 14.6. The Morgan fingerprint density at radius 3 is 1.67 bits per heavy atom. The summed E-state index contributed by atoms with van der Waals surface area (Å²) in [7, 11) is -4.53. The molecule has 154 valence electrons. The van der Waals surface area contributed by atoms with Crippen LogP contribution in [0.3, 0.4) is 0 Å². The highest BCUT2D eigenvalue weighted by molar-refractivity contribution is 6.70. The van der Waals surface area contributed by atoms with E-state index in [4.69, 9.17) is 8.85 Å². The van der Waals surface area contributed by atoms with Crippen LogP contribution in [0.2, 0.25) is 39.3 Å². The maximum absolute atomic E-state index is 14.6. The Balaban J connectivity index is 3.97. The number of rotatable bonds is 7. The van der Waals surface area contributed by atoms with Gasteiger partial charge in [0.05, 0.1) is 7.11 Å². The molecule has 1 aromatic carbocycles. The number of esters is 1. The zero-order valence-corrected chi connectivity index (χ0v) is 19.2. The summed E-state index contributed by atoms with van der Waals surface area (Å²) < 4.78 is 60.3. The van der Waals surface area contributed by atoms with E-state index in [1.807, 2.05) is 0 Å². The number of carbonyl (C=O) groups excluding carboxylic acids is 1. The molecule has 0 bridgehead atoms. The number of alkyl halides is 3. The molecule has 0 N–H and O–H groups in total. The largest absolute Gasteiger partial charge is 0.467 e. The highest BCUT2D eigenvalue weighted by Crippen LogP contribution is 2.52. The van der Waals surface area contributed by atoms with Crippen molar-refractivity contribution >= 4 is 22.6 Å². The minimum absolute atomic E-state index is 0.202. The molecule has 0 aliphatic heterocycles. The summed E-state index contributed by atoms with van der Waals surface area (Å²) in [5, 5.41) is 0. The minimum atomic E-state index is -5.06. The monoisotopic (exact) mass is 422 g/mol. The first-order valence-electron chi connectivity index (χ1n) is 8.61. The molecule has 1 rings (SSSR count). The summed E-state index contributed by atoms with van der Waals surface area (Å²) in [6.07, 6.45) is -5.06. The molecule has 2 atom stereocenters. The lowest BCUT2D eigenvalue weighted by Crippen LogP contribution is -2.71. The molecule has 0 radical (unpaired) electrons. The lowest BCUT2D eigenvalue weighted by molar-refractivity contribution is -0.300. The number of ether oxygens (including phenoxy) is 1. The number of benzene rings is 1. The van der Waals surface area contributed by atoms with Crippen molar-refractivity contribution in [1.82, 2.24) is 0 Å². The van der Waals surface area contributed by atoms with E-state index in [1.54, 1.807) is 57.5 Å². The first kappa shape index (κ1) is 23.9. The van der Waals surface area contributed by atoms with Gasteiger partial charge in [-0.1, -0.05) is 30.3 Å². The van der Waals surface area contributed by atoms with Crippen LogP contribution in [-0.4, -0.2) is 41.5 Å². The Morgan fingerprint density at radius 1 is 0.889 bits per heavy atom. The Bertz CT molecular complexity index is 653. The fourth-order valence-corrected chi connectivity index (χ4v) is 5.88. The molecule has 0 amide bonds. The van der Waals surface area contributed by atoms with E-state index in [2.05, 4.69) is 4.74 Å². The lowest BCUT2D eigenvalue weighted by atomic mass is 9.78. The average molecular weight is 423 g/mol. The Morgan fingerprint density at radius 2 is 1.33 bits per heavy atom. The standard InChI is InChI=1S/C18H29F3O4Si2/c1-16(24-26(3,4)5,14-12-10-9-11-13-14)17(15(22)23-2,18(19,20)21)25-27(6,7)8/h9-13H,1-8H3. The van der Waals surface area contributed by atoms with Gasteiger partial charge in [-0.3, -0.25) is 0 Å². The van der Waals surface area contributed by atoms with Crippen molar-refractivity contribution in [3.8, 4) is 0 Å². The zero-order valence-electron chi connectivity index (χ0n) is 17.2. The first-order chi connectivity index (χ1) is 12.0. The average Bonchev–Trinajstić information content (AvgIpc) is 2.48. The van der Waals surface area contributed by atoms with Crippen molar-refractivity contribution in [1.29, 1.82) is 0 Å². The summed E-state index contributed by atoms with van der Waals surface area (Å²) in [4.78, 5) is 12.8. The molecule has 0 spiro atoms. The summed E-state index contributed by atoms with van der Waals surface area (Å²) in [6, 6.07) is 7.92. The second-order valence-corrected chi connectivity index (χ2v) is 17.4. The lowest BCUT2D eigenvalue weighted by Gasteiger charge is -2.51. The first-order valence-corrected chi connectivity index (χ1v) is 15.4. The topological polar surface area (TPSA) is 44.8 Å². The second-order valence-electron chi connectivity index (χ2n) is 8.50. The van der Waals surface area contributed by atoms with Gasteiger partial charge >= 0.3 is 12.1 Å². The van der Waals surface area contributed by atoms with E-state index in [0.717, 1.165) is 7.11 Å². The van der Waals surface area contributed by atoms with E-state index in [9.17, 15) is 18.0 Å². The fraction of sp³-hybridized carbons (Fsp3) is 0.611. The van der Waals surface area contributed by atoms with Gasteiger partial charge in [0.1, 0.15) is 5.60 Å². The number of hydrogen-bond donors (Lipinski definition) is 0. The van der Waals surface area contributed by atoms with Crippen LogP contribution in [0.5, 0.6) is 0 Å². The van der Waals surface area contributed by atoms with Crippen molar-refractivity contribution in [2.24, 2.45) is 0 Å². The molecule has 0 saturated heterocycles. The maximum Gasteiger partial charge on any atom is 0.430 e. The second kappa shape index (κ2) is 7.69. The van der Waals surface area contributed by atoms with E-state index >= 15 is 0 Å². The summed E-state index contributed by atoms with van der Waals surface area (Å²) in [6.45, 7) is 11.3. The molecule has 0 heterocycles. The molecule has 0 aliphatic carbocycles. The van der Waals surface area contributed by atoms with Crippen LogP contribution < -0.4 is 0 Å². The Labute approximate surface area is 161 Å². The predicted molar refractivity (Wildman–Crippen MR) is 103 cm³/mol. The van der Waals surface area contributed by atoms with Crippen LogP contribution in [0.15, 0.2) is 30.3 Å². The van der Waals surface area contributed by atoms with Gasteiger partial charge in [-0.25, -0.2) is 4.79 Å². The van der Waals surface area contributed by atoms with Crippen molar-refractivity contribution < 1.29 is 31.6 Å². The molecule has 2 unspecified atom stereocenters. The molecule has 0 aliphatic rings. The minimum Gasteiger partial charge on any atom is -0.467 e. The van der Waals surface area contributed by atoms with Crippen LogP contribution in [0.1, 0.15) is 12.5 Å². The third-order valence-electron chi connectivity index (χ3n) is 3.84. The summed E-state index contributed by atoms with van der Waals surface area (Å²) in [5.74, 6) is -1.51. The van der Waals surface area contributed by atoms with Gasteiger partial charge in [0, 0.05) is 0 Å². The van der Waals surface area contributed by atoms with Gasteiger partial charge in [-0.05, 0) is 51.8 Å². The van der Waals surface area contributed by atoms with Gasteiger partial charge in [-0.2, -0.15) is 13.2 Å². The molecule has 9 heteroatoms. The molecule has 1 aromatic rings. The van der Waals surface area contributed by atoms with Crippen LogP contribution in [0.25, 0.3) is 0 Å². The van der Waals surface area contributed by atoms with Crippen molar-refractivity contribution in [3.05, 3.63) is 35.9 Å². The fourth-order valence-electron chi connectivity index (χ4n) is 3.08. The third kappa shape index (κ3) is 5.01. The number of methoxy groups -OCH3 is 1. The van der Waals surface area contributed by atoms with E-state index < -0.39 is 40.0 Å². The number of hydrogen-bond acceptors (Lipinski definition) is 4. The molecule has 0 saturated carbocycles. The molecule has 0 fully saturated rings. The van der Waals surface area contributed by atoms with Gasteiger partial charge < -0.3 is 13.6 Å². The van der Waals surface area contributed by atoms with Crippen molar-refractivity contribution in [2.45, 2.75) is 63.6 Å². The van der Waals surface area contributed by atoms with Crippen molar-refractivity contribution in [2.75, 3.05) is 7.11 Å². The molecule has 0 aromatic heterocycles. The highest BCUT2D eigenvalue weighted by atomic mass is 28.4. The van der Waals surface area contributed by atoms with Crippen molar-refractivity contribution in [3.63, 3.8) is 0 Å². The van der Waals surface area contributed by atoms with E-state index in [0.29, 0.717) is 0 Å². The number of halogens is 3. The van der Waals surface area contributed by atoms with E-state index in [1.165, 1.54) is 19.1 Å². The highest BCUT2D eigenvalue weighted by Gasteiger charge is 2.75. The van der Waals surface area contributed by atoms with Gasteiger partial charge in [0.2, 0.25) is 0 Å². The van der Waals surface area contributed by atoms with E-state index in [-0.39, 0.29) is 5.56 Å². The van der Waals surface area contributed by atoms with Gasteiger partial charge in [0.25, 0.3) is 5.60 Å². The summed E-state index contributed by atoms with van der Waals surface area (Å²) >= 11 is 0. The summed E-state index contributed by atoms with van der Waals surface area (Å²) in [5.41, 5.74) is -5.21. The Kier molecular flexibility index (Phi) is 6.80. The molecular formula is C18H29F3O4Si2. The van der Waals surface area contributed by atoms with Crippen LogP contribution in [0, 0.1) is 0 Å². The SMILES string of the molecule is COC(=O)C(O[Si](C)(C)C)(C(F)(F)F)C(C)(O[Si](C)(C)C)c1ccccc1. The van der Waals surface area contributed by atoms with Gasteiger partial charge in [0.15, 0.2) is 16.6 Å².